The lowest BCUT2D eigenvalue weighted by Crippen LogP contribution is -2.48. The van der Waals surface area contributed by atoms with Gasteiger partial charge in [-0.1, -0.05) is 71.4 Å². The lowest BCUT2D eigenvalue weighted by Gasteiger charge is -2.32. The summed E-state index contributed by atoms with van der Waals surface area (Å²) in [5.74, 6) is 0.596. The van der Waals surface area contributed by atoms with Crippen molar-refractivity contribution in [3.63, 3.8) is 0 Å². The van der Waals surface area contributed by atoms with Gasteiger partial charge >= 0.3 is 6.01 Å². The molecule has 3 aromatic carbocycles. The van der Waals surface area contributed by atoms with Crippen LogP contribution in [0.2, 0.25) is 0 Å². The highest BCUT2D eigenvalue weighted by atomic mass is 16.5. The largest absolute Gasteiger partial charge is 0.336 e. The second kappa shape index (κ2) is 8.67. The van der Waals surface area contributed by atoms with E-state index in [-0.39, 0.29) is 5.91 Å². The number of benzene rings is 3. The van der Waals surface area contributed by atoms with Crippen LogP contribution in [0.25, 0.3) is 28.2 Å². The summed E-state index contributed by atoms with van der Waals surface area (Å²) in [5, 5.41) is 6.49. The first-order chi connectivity index (χ1) is 15.7. The van der Waals surface area contributed by atoms with Crippen LogP contribution in [0.1, 0.15) is 11.1 Å². The first-order valence-electron chi connectivity index (χ1n) is 10.8. The van der Waals surface area contributed by atoms with Gasteiger partial charge in [0.2, 0.25) is 11.7 Å². The Morgan fingerprint density at radius 2 is 1.75 bits per heavy atom. The molecule has 0 radical (unpaired) electrons. The van der Waals surface area contributed by atoms with Crippen LogP contribution in [-0.2, 0) is 4.79 Å². The van der Waals surface area contributed by atoms with Crippen molar-refractivity contribution in [3.05, 3.63) is 83.9 Å². The number of aromatic nitrogens is 2. The summed E-state index contributed by atoms with van der Waals surface area (Å²) in [4.78, 5) is 21.0. The molecule has 32 heavy (non-hydrogen) atoms. The zero-order valence-electron chi connectivity index (χ0n) is 17.9. The second-order valence-electron chi connectivity index (χ2n) is 8.02. The Balaban J connectivity index is 1.22. The first kappa shape index (κ1) is 20.0. The smallest absolute Gasteiger partial charge is 0.324 e. The van der Waals surface area contributed by atoms with E-state index in [1.54, 1.807) is 6.08 Å². The average molecular weight is 425 g/mol. The van der Waals surface area contributed by atoms with Gasteiger partial charge in [-0.25, -0.2) is 0 Å². The third-order valence-electron chi connectivity index (χ3n) is 5.75. The molecule has 6 heteroatoms. The minimum atomic E-state index is 0.0218. The van der Waals surface area contributed by atoms with Crippen molar-refractivity contribution in [1.82, 2.24) is 15.0 Å². The summed E-state index contributed by atoms with van der Waals surface area (Å²) in [6, 6.07) is 22.9. The van der Waals surface area contributed by atoms with Gasteiger partial charge in [-0.2, -0.15) is 4.98 Å². The molecule has 0 atom stereocenters. The van der Waals surface area contributed by atoms with Crippen LogP contribution in [0.4, 0.5) is 6.01 Å². The molecule has 1 fully saturated rings. The van der Waals surface area contributed by atoms with Crippen molar-refractivity contribution in [2.75, 3.05) is 31.1 Å². The highest BCUT2D eigenvalue weighted by Gasteiger charge is 2.23. The number of fused-ring (bicyclic) bond motifs is 1. The third-order valence-corrected chi connectivity index (χ3v) is 5.75. The van der Waals surface area contributed by atoms with Crippen molar-refractivity contribution in [1.29, 1.82) is 0 Å². The molecule has 1 amide bonds. The summed E-state index contributed by atoms with van der Waals surface area (Å²) in [5.41, 5.74) is 3.13. The Hall–Kier alpha value is -3.93. The topological polar surface area (TPSA) is 62.5 Å². The van der Waals surface area contributed by atoms with Crippen molar-refractivity contribution in [2.24, 2.45) is 0 Å². The molecule has 0 N–H and O–H groups in total. The predicted octanol–water partition coefficient (Wildman–Crippen LogP) is 4.56. The van der Waals surface area contributed by atoms with E-state index in [0.717, 1.165) is 16.5 Å². The van der Waals surface area contributed by atoms with E-state index in [1.165, 1.54) is 10.9 Å². The van der Waals surface area contributed by atoms with Crippen molar-refractivity contribution in [3.8, 4) is 11.4 Å². The highest BCUT2D eigenvalue weighted by Crippen LogP contribution is 2.24. The van der Waals surface area contributed by atoms with Crippen LogP contribution in [0.3, 0.4) is 0 Å². The molecule has 1 aliphatic rings. The van der Waals surface area contributed by atoms with Gasteiger partial charge in [0, 0.05) is 37.8 Å². The normalized spacial score (nSPS) is 14.4. The van der Waals surface area contributed by atoms with Crippen molar-refractivity contribution in [2.45, 2.75) is 6.92 Å². The van der Waals surface area contributed by atoms with Crippen LogP contribution in [0, 0.1) is 6.92 Å². The van der Waals surface area contributed by atoms with E-state index in [0.29, 0.717) is 38.0 Å². The van der Waals surface area contributed by atoms with E-state index in [9.17, 15) is 4.79 Å². The van der Waals surface area contributed by atoms with Crippen LogP contribution in [0.5, 0.6) is 0 Å². The summed E-state index contributed by atoms with van der Waals surface area (Å²) in [6.07, 6.45) is 3.52. The van der Waals surface area contributed by atoms with Crippen molar-refractivity contribution < 1.29 is 9.32 Å². The zero-order valence-corrected chi connectivity index (χ0v) is 17.9. The number of carbonyl (C=O) groups excluding carboxylic acids is 1. The molecule has 1 aromatic heterocycles. The fourth-order valence-corrected chi connectivity index (χ4v) is 3.95. The monoisotopic (exact) mass is 424 g/mol. The Bertz CT molecular complexity index is 1290. The third kappa shape index (κ3) is 4.25. The maximum Gasteiger partial charge on any atom is 0.324 e. The van der Waals surface area contributed by atoms with E-state index in [1.807, 2.05) is 59.2 Å². The van der Waals surface area contributed by atoms with Gasteiger partial charge < -0.3 is 14.3 Å². The van der Waals surface area contributed by atoms with Crippen LogP contribution < -0.4 is 4.90 Å². The van der Waals surface area contributed by atoms with E-state index in [2.05, 4.69) is 40.5 Å². The lowest BCUT2D eigenvalue weighted by atomic mass is 10.1. The Labute approximate surface area is 186 Å². The summed E-state index contributed by atoms with van der Waals surface area (Å²) >= 11 is 0. The second-order valence-corrected chi connectivity index (χ2v) is 8.02. The quantitative estimate of drug-likeness (QED) is 0.450. The van der Waals surface area contributed by atoms with Gasteiger partial charge in [-0.15, -0.1) is 0 Å². The Morgan fingerprint density at radius 1 is 0.938 bits per heavy atom. The van der Waals surface area contributed by atoms with Gasteiger partial charge in [0.15, 0.2) is 0 Å². The minimum Gasteiger partial charge on any atom is -0.336 e. The van der Waals surface area contributed by atoms with Gasteiger partial charge in [-0.05, 0) is 35.4 Å². The number of carbonyl (C=O) groups is 1. The molecule has 0 spiro atoms. The maximum absolute atomic E-state index is 12.6. The maximum atomic E-state index is 12.6. The van der Waals surface area contributed by atoms with Gasteiger partial charge in [0.25, 0.3) is 0 Å². The molecule has 0 aliphatic carbocycles. The van der Waals surface area contributed by atoms with Crippen molar-refractivity contribution >= 4 is 28.8 Å². The molecule has 0 bridgehead atoms. The number of hydrogen-bond acceptors (Lipinski definition) is 5. The van der Waals surface area contributed by atoms with Gasteiger partial charge in [0.1, 0.15) is 0 Å². The number of amides is 1. The molecule has 0 unspecified atom stereocenters. The Morgan fingerprint density at radius 3 is 2.56 bits per heavy atom. The Kier molecular flexibility index (Phi) is 5.42. The van der Waals surface area contributed by atoms with Crippen LogP contribution >= 0.6 is 0 Å². The number of rotatable bonds is 4. The number of hydrogen-bond donors (Lipinski definition) is 0. The molecule has 0 saturated carbocycles. The highest BCUT2D eigenvalue weighted by molar-refractivity contribution is 5.92. The predicted molar refractivity (Wildman–Crippen MR) is 126 cm³/mol. The first-order valence-corrected chi connectivity index (χ1v) is 10.8. The standard InChI is InChI=1S/C26H24N4O2/c1-19-5-4-6-20(17-19)9-12-24(31)29-13-15-30(16-14-29)26-27-25(28-32-26)23-11-10-21-7-2-3-8-22(21)18-23/h2-12,17-18H,13-16H2,1H3/b12-9+. The lowest BCUT2D eigenvalue weighted by molar-refractivity contribution is -0.126. The number of nitrogens with zero attached hydrogens (tertiary/aromatic N) is 4. The molecule has 1 aliphatic heterocycles. The van der Waals surface area contributed by atoms with Gasteiger partial charge in [0.05, 0.1) is 0 Å². The molecular weight excluding hydrogens is 400 g/mol. The fraction of sp³-hybridized carbons (Fsp3) is 0.192. The molecular formula is C26H24N4O2. The number of aryl methyl sites for hydroxylation is 1. The van der Waals surface area contributed by atoms with Crippen LogP contribution in [0.15, 0.2) is 77.3 Å². The summed E-state index contributed by atoms with van der Waals surface area (Å²) < 4.78 is 5.53. The summed E-state index contributed by atoms with van der Waals surface area (Å²) in [6.45, 7) is 4.59. The fourth-order valence-electron chi connectivity index (χ4n) is 3.95. The number of anilines is 1. The van der Waals surface area contributed by atoms with E-state index >= 15 is 0 Å². The molecule has 1 saturated heterocycles. The molecule has 5 rings (SSSR count). The summed E-state index contributed by atoms with van der Waals surface area (Å²) in [7, 11) is 0. The number of piperazine rings is 1. The molecule has 4 aromatic rings. The van der Waals surface area contributed by atoms with E-state index in [4.69, 9.17) is 4.52 Å². The SMILES string of the molecule is Cc1cccc(/C=C/C(=O)N2CCN(c3nc(-c4ccc5ccccc5c4)no3)CC2)c1. The van der Waals surface area contributed by atoms with E-state index < -0.39 is 0 Å². The average Bonchev–Trinajstić information content (AvgIpc) is 3.33. The molecule has 160 valence electrons. The zero-order chi connectivity index (χ0) is 21.9. The van der Waals surface area contributed by atoms with Gasteiger partial charge in [-0.3, -0.25) is 4.79 Å². The molecule has 6 nitrogen and oxygen atoms in total. The molecule has 2 heterocycles. The minimum absolute atomic E-state index is 0.0218. The van der Waals surface area contributed by atoms with Crippen LogP contribution in [-0.4, -0.2) is 47.1 Å².